The van der Waals surface area contributed by atoms with Gasteiger partial charge in [-0.1, -0.05) is 18.0 Å². The van der Waals surface area contributed by atoms with Crippen molar-refractivity contribution in [1.29, 1.82) is 0 Å². The monoisotopic (exact) mass is 474 g/mol. The van der Waals surface area contributed by atoms with Crippen molar-refractivity contribution in [3.8, 4) is 0 Å². The van der Waals surface area contributed by atoms with Crippen LogP contribution in [0.15, 0.2) is 41.3 Å². The first-order chi connectivity index (χ1) is 15.3. The van der Waals surface area contributed by atoms with Crippen molar-refractivity contribution < 1.29 is 13.2 Å². The molecule has 1 N–H and O–H groups in total. The summed E-state index contributed by atoms with van der Waals surface area (Å²) in [4.78, 5) is 17.3. The lowest BCUT2D eigenvalue weighted by Gasteiger charge is -2.25. The molecule has 32 heavy (non-hydrogen) atoms. The molecule has 1 fully saturated rings. The van der Waals surface area contributed by atoms with Gasteiger partial charge in [-0.2, -0.15) is 4.31 Å². The molecule has 0 radical (unpaired) electrons. The van der Waals surface area contributed by atoms with E-state index < -0.39 is 10.0 Å². The highest BCUT2D eigenvalue weighted by Gasteiger charge is 2.26. The largest absolute Gasteiger partial charge is 0.331 e. The molecule has 0 bridgehead atoms. The van der Waals surface area contributed by atoms with Crippen LogP contribution < -0.4 is 5.32 Å². The molecule has 1 saturated heterocycles. The molecule has 7 nitrogen and oxygen atoms in total. The Hall–Kier alpha value is -2.42. The van der Waals surface area contributed by atoms with Crippen molar-refractivity contribution in [2.24, 2.45) is 7.05 Å². The first-order valence-electron chi connectivity index (χ1n) is 10.8. The molecule has 9 heteroatoms. The van der Waals surface area contributed by atoms with Crippen LogP contribution in [0.3, 0.4) is 0 Å². The summed E-state index contributed by atoms with van der Waals surface area (Å²) in [6.07, 6.45) is 3.56. The van der Waals surface area contributed by atoms with E-state index in [0.29, 0.717) is 30.0 Å². The molecule has 3 aromatic rings. The molecule has 4 rings (SSSR count). The normalized spacial score (nSPS) is 15.2. The van der Waals surface area contributed by atoms with E-state index in [1.54, 1.807) is 40.7 Å². The lowest BCUT2D eigenvalue weighted by Crippen LogP contribution is -2.35. The third-order valence-corrected chi connectivity index (χ3v) is 8.07. The molecule has 170 valence electrons. The van der Waals surface area contributed by atoms with Crippen LogP contribution in [-0.4, -0.2) is 41.3 Å². The highest BCUT2D eigenvalue weighted by Crippen LogP contribution is 2.25. The molecule has 0 spiro atoms. The Morgan fingerprint density at radius 1 is 1.12 bits per heavy atom. The first kappa shape index (κ1) is 22.8. The Morgan fingerprint density at radius 2 is 1.88 bits per heavy atom. The Kier molecular flexibility index (Phi) is 6.55. The summed E-state index contributed by atoms with van der Waals surface area (Å²) in [5.74, 6) is 0.617. The molecule has 1 aliphatic heterocycles. The Morgan fingerprint density at radius 3 is 2.59 bits per heavy atom. The van der Waals surface area contributed by atoms with Crippen molar-refractivity contribution in [1.82, 2.24) is 13.9 Å². The lowest BCUT2D eigenvalue weighted by atomic mass is 10.2. The highest BCUT2D eigenvalue weighted by molar-refractivity contribution is 7.89. The number of rotatable bonds is 6. The topological polar surface area (TPSA) is 84.3 Å². The van der Waals surface area contributed by atoms with E-state index in [4.69, 9.17) is 11.6 Å². The molecule has 0 saturated carbocycles. The van der Waals surface area contributed by atoms with Crippen LogP contribution in [-0.2, 0) is 28.3 Å². The number of fused-ring (bicyclic) bond motifs is 1. The zero-order valence-corrected chi connectivity index (χ0v) is 19.8. The molecule has 2 aromatic carbocycles. The van der Waals surface area contributed by atoms with Gasteiger partial charge in [0.1, 0.15) is 5.82 Å². The number of carbonyl (C=O) groups excluding carboxylic acids is 1. The van der Waals surface area contributed by atoms with Gasteiger partial charge < -0.3 is 9.88 Å². The van der Waals surface area contributed by atoms with Crippen LogP contribution in [0.1, 0.15) is 37.1 Å². The van der Waals surface area contributed by atoms with Crippen LogP contribution >= 0.6 is 11.6 Å². The summed E-state index contributed by atoms with van der Waals surface area (Å²) in [5, 5.41) is 3.53. The van der Waals surface area contributed by atoms with Gasteiger partial charge in [-0.15, -0.1) is 0 Å². The molecule has 0 aliphatic carbocycles. The number of hydrogen-bond acceptors (Lipinski definition) is 4. The van der Waals surface area contributed by atoms with Gasteiger partial charge >= 0.3 is 0 Å². The van der Waals surface area contributed by atoms with Gasteiger partial charge in [0, 0.05) is 43.7 Å². The van der Waals surface area contributed by atoms with Gasteiger partial charge in [-0.3, -0.25) is 4.79 Å². The fourth-order valence-corrected chi connectivity index (χ4v) is 5.84. The van der Waals surface area contributed by atoms with Gasteiger partial charge in [0.2, 0.25) is 15.9 Å². The zero-order valence-electron chi connectivity index (χ0n) is 18.3. The third kappa shape index (κ3) is 4.67. The lowest BCUT2D eigenvalue weighted by molar-refractivity contribution is -0.116. The second kappa shape index (κ2) is 9.21. The predicted molar refractivity (Wildman–Crippen MR) is 126 cm³/mol. The standard InChI is InChI=1S/C23H27ClN4O3S/c1-16-14-17(24)6-8-19(16)26-23(29)11-10-22-25-20-15-18(7-9-21(20)27(22)2)32(30,31)28-12-4-3-5-13-28/h6-9,14-15H,3-5,10-13H2,1-2H3,(H,26,29). The van der Waals surface area contributed by atoms with E-state index in [2.05, 4.69) is 10.3 Å². The van der Waals surface area contributed by atoms with Gasteiger partial charge in [0.15, 0.2) is 0 Å². The number of amides is 1. The number of nitrogens with one attached hydrogen (secondary N) is 1. The van der Waals surface area contributed by atoms with Gasteiger partial charge in [-0.05, 0) is 61.7 Å². The summed E-state index contributed by atoms with van der Waals surface area (Å²) in [5.41, 5.74) is 3.09. The molecule has 2 heterocycles. The van der Waals surface area contributed by atoms with Crippen LogP contribution in [0.25, 0.3) is 11.0 Å². The molecule has 1 aliphatic rings. The number of imidazole rings is 1. The SMILES string of the molecule is Cc1cc(Cl)ccc1NC(=O)CCc1nc2cc(S(=O)(=O)N3CCCCC3)ccc2n1C. The van der Waals surface area contributed by atoms with E-state index in [1.807, 2.05) is 18.5 Å². The maximum atomic E-state index is 13.0. The number of nitrogens with zero attached hydrogens (tertiary/aromatic N) is 3. The Balaban J connectivity index is 1.49. The van der Waals surface area contributed by atoms with Crippen LogP contribution in [0, 0.1) is 6.92 Å². The number of aryl methyl sites for hydroxylation is 3. The summed E-state index contributed by atoms with van der Waals surface area (Å²) < 4.78 is 29.5. The van der Waals surface area contributed by atoms with E-state index in [0.717, 1.165) is 41.9 Å². The number of anilines is 1. The molecular formula is C23H27ClN4O3S. The van der Waals surface area contributed by atoms with Crippen LogP contribution in [0.2, 0.25) is 5.02 Å². The zero-order chi connectivity index (χ0) is 22.9. The van der Waals surface area contributed by atoms with E-state index >= 15 is 0 Å². The quantitative estimate of drug-likeness (QED) is 0.577. The highest BCUT2D eigenvalue weighted by atomic mass is 35.5. The molecule has 0 atom stereocenters. The van der Waals surface area contributed by atoms with Crippen LogP contribution in [0.5, 0.6) is 0 Å². The minimum absolute atomic E-state index is 0.115. The number of halogens is 1. The van der Waals surface area contributed by atoms with Crippen molar-refractivity contribution >= 4 is 44.3 Å². The minimum atomic E-state index is -3.51. The van der Waals surface area contributed by atoms with E-state index in [-0.39, 0.29) is 17.2 Å². The Bertz CT molecular complexity index is 1260. The van der Waals surface area contributed by atoms with Crippen molar-refractivity contribution in [3.63, 3.8) is 0 Å². The average molecular weight is 475 g/mol. The van der Waals surface area contributed by atoms with Gasteiger partial charge in [0.05, 0.1) is 15.9 Å². The summed E-state index contributed by atoms with van der Waals surface area (Å²) in [6, 6.07) is 10.4. The fraction of sp³-hybridized carbons (Fsp3) is 0.391. The minimum Gasteiger partial charge on any atom is -0.331 e. The predicted octanol–water partition coefficient (Wildman–Crippen LogP) is 4.28. The number of hydrogen-bond donors (Lipinski definition) is 1. The molecule has 1 amide bonds. The smallest absolute Gasteiger partial charge is 0.243 e. The number of sulfonamides is 1. The van der Waals surface area contributed by atoms with Crippen molar-refractivity contribution in [2.45, 2.75) is 43.9 Å². The molecular weight excluding hydrogens is 448 g/mol. The second-order valence-corrected chi connectivity index (χ2v) is 10.6. The van der Waals surface area contributed by atoms with Gasteiger partial charge in [-0.25, -0.2) is 13.4 Å². The molecule has 1 aromatic heterocycles. The van der Waals surface area contributed by atoms with E-state index in [1.165, 1.54) is 0 Å². The van der Waals surface area contributed by atoms with Gasteiger partial charge in [0.25, 0.3) is 0 Å². The summed E-state index contributed by atoms with van der Waals surface area (Å²) in [7, 11) is -1.63. The average Bonchev–Trinajstić information content (AvgIpc) is 3.10. The number of benzene rings is 2. The maximum Gasteiger partial charge on any atom is 0.243 e. The number of carbonyl (C=O) groups is 1. The maximum absolute atomic E-state index is 13.0. The number of aromatic nitrogens is 2. The molecule has 0 unspecified atom stereocenters. The van der Waals surface area contributed by atoms with E-state index in [9.17, 15) is 13.2 Å². The summed E-state index contributed by atoms with van der Waals surface area (Å²) in [6.45, 7) is 3.02. The Labute approximate surface area is 193 Å². The summed E-state index contributed by atoms with van der Waals surface area (Å²) >= 11 is 5.97. The van der Waals surface area contributed by atoms with Crippen molar-refractivity contribution in [2.75, 3.05) is 18.4 Å². The fourth-order valence-electron chi connectivity index (χ4n) is 4.07. The van der Waals surface area contributed by atoms with Crippen molar-refractivity contribution in [3.05, 3.63) is 52.8 Å². The third-order valence-electron chi connectivity index (χ3n) is 5.94. The first-order valence-corrected chi connectivity index (χ1v) is 12.6. The van der Waals surface area contributed by atoms with Crippen LogP contribution in [0.4, 0.5) is 5.69 Å². The second-order valence-electron chi connectivity index (χ2n) is 8.21. The number of piperidine rings is 1.